The molecule has 1 aromatic heterocycles. The fourth-order valence-corrected chi connectivity index (χ4v) is 1.26. The number of aromatic nitrogens is 1. The third-order valence-corrected chi connectivity index (χ3v) is 1.87. The highest BCUT2D eigenvalue weighted by molar-refractivity contribution is 5.51. The van der Waals surface area contributed by atoms with Gasteiger partial charge in [-0.1, -0.05) is 13.0 Å². The molecule has 0 aliphatic carbocycles. The summed E-state index contributed by atoms with van der Waals surface area (Å²) in [6, 6.07) is 3.89. The van der Waals surface area contributed by atoms with E-state index in [1.54, 1.807) is 6.08 Å². The zero-order valence-electron chi connectivity index (χ0n) is 8.07. The Balaban J connectivity index is 3.03. The Kier molecular flexibility index (Phi) is 3.38. The minimum absolute atomic E-state index is 0.334. The third-order valence-electron chi connectivity index (χ3n) is 1.87. The molecule has 1 heterocycles. The molecule has 0 amide bonds. The standard InChI is InChI=1S/C11H15NO/c1-3-7-11(13)10(4-2)12-8-5-6-9-12/h3,5-9,13H,4H2,1-2H3/b7-3-,11-10-. The van der Waals surface area contributed by atoms with E-state index in [1.165, 1.54) is 0 Å². The Morgan fingerprint density at radius 3 is 2.46 bits per heavy atom. The molecule has 0 radical (unpaired) electrons. The van der Waals surface area contributed by atoms with E-state index in [9.17, 15) is 5.11 Å². The van der Waals surface area contributed by atoms with Gasteiger partial charge >= 0.3 is 0 Å². The van der Waals surface area contributed by atoms with Crippen molar-refractivity contribution in [2.45, 2.75) is 20.3 Å². The predicted octanol–water partition coefficient (Wildman–Crippen LogP) is 3.20. The lowest BCUT2D eigenvalue weighted by molar-refractivity contribution is 0.430. The number of nitrogens with zero attached hydrogens (tertiary/aromatic N) is 1. The number of hydrogen-bond donors (Lipinski definition) is 1. The van der Waals surface area contributed by atoms with Crippen molar-refractivity contribution < 1.29 is 5.11 Å². The maximum atomic E-state index is 9.65. The monoisotopic (exact) mass is 177 g/mol. The van der Waals surface area contributed by atoms with Crippen molar-refractivity contribution in [3.63, 3.8) is 0 Å². The summed E-state index contributed by atoms with van der Waals surface area (Å²) in [7, 11) is 0. The van der Waals surface area contributed by atoms with E-state index in [-0.39, 0.29) is 0 Å². The average molecular weight is 177 g/mol. The van der Waals surface area contributed by atoms with E-state index in [2.05, 4.69) is 0 Å². The normalized spacial score (nSPS) is 13.4. The Labute approximate surface area is 78.8 Å². The van der Waals surface area contributed by atoms with Gasteiger partial charge in [-0.05, 0) is 31.6 Å². The molecule has 0 aromatic carbocycles. The molecule has 0 atom stereocenters. The van der Waals surface area contributed by atoms with E-state index in [0.29, 0.717) is 5.76 Å². The van der Waals surface area contributed by atoms with Crippen LogP contribution in [-0.4, -0.2) is 9.67 Å². The van der Waals surface area contributed by atoms with E-state index in [0.717, 1.165) is 12.1 Å². The van der Waals surface area contributed by atoms with Gasteiger partial charge in [0.2, 0.25) is 0 Å². The molecule has 0 spiro atoms. The highest BCUT2D eigenvalue weighted by Crippen LogP contribution is 2.14. The lowest BCUT2D eigenvalue weighted by Crippen LogP contribution is -1.95. The largest absolute Gasteiger partial charge is 0.506 e. The molecule has 2 heteroatoms. The third kappa shape index (κ3) is 2.25. The molecule has 1 aromatic rings. The van der Waals surface area contributed by atoms with Crippen molar-refractivity contribution >= 4 is 5.70 Å². The van der Waals surface area contributed by atoms with Gasteiger partial charge in [-0.2, -0.15) is 0 Å². The summed E-state index contributed by atoms with van der Waals surface area (Å²) in [6.45, 7) is 3.91. The Morgan fingerprint density at radius 2 is 2.00 bits per heavy atom. The van der Waals surface area contributed by atoms with Crippen LogP contribution in [0.2, 0.25) is 0 Å². The quantitative estimate of drug-likeness (QED) is 0.556. The summed E-state index contributed by atoms with van der Waals surface area (Å²) in [5.41, 5.74) is 0.920. The summed E-state index contributed by atoms with van der Waals surface area (Å²) in [6.07, 6.45) is 8.20. The van der Waals surface area contributed by atoms with Gasteiger partial charge in [-0.3, -0.25) is 0 Å². The van der Waals surface area contributed by atoms with Gasteiger partial charge in [-0.25, -0.2) is 0 Å². The second-order valence-corrected chi connectivity index (χ2v) is 2.78. The van der Waals surface area contributed by atoms with E-state index >= 15 is 0 Å². The van der Waals surface area contributed by atoms with Gasteiger partial charge in [-0.15, -0.1) is 0 Å². The lowest BCUT2D eigenvalue weighted by atomic mass is 10.2. The van der Waals surface area contributed by atoms with Crippen molar-refractivity contribution in [3.8, 4) is 0 Å². The van der Waals surface area contributed by atoms with Crippen LogP contribution in [0.1, 0.15) is 20.3 Å². The fourth-order valence-electron chi connectivity index (χ4n) is 1.26. The maximum Gasteiger partial charge on any atom is 0.134 e. The number of aliphatic hydroxyl groups is 1. The first-order valence-corrected chi connectivity index (χ1v) is 4.47. The van der Waals surface area contributed by atoms with Gasteiger partial charge < -0.3 is 9.67 Å². The Bertz CT molecular complexity index is 307. The molecule has 0 aliphatic heterocycles. The predicted molar refractivity (Wildman–Crippen MR) is 55.4 cm³/mol. The molecule has 1 rings (SSSR count). The number of allylic oxidation sites excluding steroid dienone is 3. The van der Waals surface area contributed by atoms with Crippen molar-refractivity contribution in [1.29, 1.82) is 0 Å². The van der Waals surface area contributed by atoms with Crippen LogP contribution in [0.4, 0.5) is 0 Å². The summed E-state index contributed by atoms with van der Waals surface area (Å²) < 4.78 is 1.93. The van der Waals surface area contributed by atoms with Crippen molar-refractivity contribution in [2.75, 3.05) is 0 Å². The summed E-state index contributed by atoms with van der Waals surface area (Å²) >= 11 is 0. The SMILES string of the molecule is C/C=C\C(O)=C(/CC)n1cccc1. The highest BCUT2D eigenvalue weighted by Gasteiger charge is 2.01. The zero-order valence-corrected chi connectivity index (χ0v) is 8.07. The molecule has 0 aliphatic rings. The number of hydrogen-bond acceptors (Lipinski definition) is 1. The Hall–Kier alpha value is -1.44. The molecule has 70 valence electrons. The molecule has 13 heavy (non-hydrogen) atoms. The second kappa shape index (κ2) is 4.55. The average Bonchev–Trinajstić information content (AvgIpc) is 2.59. The molecule has 2 nitrogen and oxygen atoms in total. The van der Waals surface area contributed by atoms with Gasteiger partial charge in [0.1, 0.15) is 5.76 Å². The first-order chi connectivity index (χ1) is 6.29. The maximum absolute atomic E-state index is 9.65. The summed E-state index contributed by atoms with van der Waals surface area (Å²) in [5, 5.41) is 9.65. The molecular weight excluding hydrogens is 162 g/mol. The Morgan fingerprint density at radius 1 is 1.38 bits per heavy atom. The van der Waals surface area contributed by atoms with Gasteiger partial charge in [0.25, 0.3) is 0 Å². The molecular formula is C11H15NO. The molecule has 0 fully saturated rings. The molecule has 0 saturated carbocycles. The van der Waals surface area contributed by atoms with Gasteiger partial charge in [0.15, 0.2) is 0 Å². The van der Waals surface area contributed by atoms with Crippen molar-refractivity contribution in [3.05, 3.63) is 42.4 Å². The first-order valence-electron chi connectivity index (χ1n) is 4.47. The second-order valence-electron chi connectivity index (χ2n) is 2.78. The topological polar surface area (TPSA) is 25.2 Å². The first kappa shape index (κ1) is 9.65. The van der Waals surface area contributed by atoms with Crippen LogP contribution in [0, 0.1) is 0 Å². The molecule has 1 N–H and O–H groups in total. The highest BCUT2D eigenvalue weighted by atomic mass is 16.3. The van der Waals surface area contributed by atoms with E-state index < -0.39 is 0 Å². The smallest absolute Gasteiger partial charge is 0.134 e. The van der Waals surface area contributed by atoms with Crippen LogP contribution in [0.15, 0.2) is 42.4 Å². The van der Waals surface area contributed by atoms with E-state index in [1.807, 2.05) is 49.0 Å². The summed E-state index contributed by atoms with van der Waals surface area (Å²) in [5.74, 6) is 0.334. The minimum atomic E-state index is 0.334. The number of rotatable bonds is 3. The minimum Gasteiger partial charge on any atom is -0.506 e. The molecule has 0 bridgehead atoms. The van der Waals surface area contributed by atoms with Crippen LogP contribution < -0.4 is 0 Å². The van der Waals surface area contributed by atoms with Crippen molar-refractivity contribution in [2.24, 2.45) is 0 Å². The number of aliphatic hydroxyl groups excluding tert-OH is 1. The van der Waals surface area contributed by atoms with Crippen LogP contribution in [0.25, 0.3) is 5.70 Å². The van der Waals surface area contributed by atoms with E-state index in [4.69, 9.17) is 0 Å². The van der Waals surface area contributed by atoms with Crippen LogP contribution >= 0.6 is 0 Å². The van der Waals surface area contributed by atoms with Gasteiger partial charge in [0, 0.05) is 12.4 Å². The fraction of sp³-hybridized carbons (Fsp3) is 0.273. The van der Waals surface area contributed by atoms with Crippen LogP contribution in [-0.2, 0) is 0 Å². The van der Waals surface area contributed by atoms with Gasteiger partial charge in [0.05, 0.1) is 5.70 Å². The van der Waals surface area contributed by atoms with Crippen LogP contribution in [0.3, 0.4) is 0 Å². The zero-order chi connectivity index (χ0) is 9.68. The molecule has 0 saturated heterocycles. The molecule has 0 unspecified atom stereocenters. The lowest BCUT2D eigenvalue weighted by Gasteiger charge is -2.07. The summed E-state index contributed by atoms with van der Waals surface area (Å²) in [4.78, 5) is 0. The van der Waals surface area contributed by atoms with Crippen LogP contribution in [0.5, 0.6) is 0 Å². The van der Waals surface area contributed by atoms with Crippen molar-refractivity contribution in [1.82, 2.24) is 4.57 Å².